The zero-order valence-corrected chi connectivity index (χ0v) is 8.31. The summed E-state index contributed by atoms with van der Waals surface area (Å²) < 4.78 is 0. The van der Waals surface area contributed by atoms with Crippen LogP contribution >= 0.6 is 12.4 Å². The molecule has 1 atom stereocenters. The number of likely N-dealkylation sites (N-methyl/N-ethyl adjacent to an activating group) is 1. The lowest BCUT2D eigenvalue weighted by Gasteiger charge is -2.24. The van der Waals surface area contributed by atoms with Crippen molar-refractivity contribution in [1.29, 1.82) is 0 Å². The maximum absolute atomic E-state index is 10.8. The highest BCUT2D eigenvalue weighted by Crippen LogP contribution is 2.05. The highest BCUT2D eigenvalue weighted by atomic mass is 35.5. The van der Waals surface area contributed by atoms with Crippen molar-refractivity contribution < 1.29 is 4.79 Å². The van der Waals surface area contributed by atoms with Gasteiger partial charge in [0.15, 0.2) is 0 Å². The number of nitrogens with two attached hydrogens (primary N) is 1. The van der Waals surface area contributed by atoms with Crippen LogP contribution in [0.3, 0.4) is 0 Å². The quantitative estimate of drug-likeness (QED) is 0.687. The number of primary amides is 1. The van der Waals surface area contributed by atoms with E-state index in [1.165, 1.54) is 0 Å². The average molecular weight is 181 g/mol. The van der Waals surface area contributed by atoms with Gasteiger partial charge in [-0.25, -0.2) is 0 Å². The van der Waals surface area contributed by atoms with Gasteiger partial charge in [0.1, 0.15) is 0 Å². The number of nitrogens with zero attached hydrogens (tertiary/aromatic N) is 1. The molecule has 0 rings (SSSR count). The Morgan fingerprint density at radius 1 is 1.36 bits per heavy atom. The second-order valence-corrected chi connectivity index (χ2v) is 3.05. The number of amides is 1. The molecule has 0 aliphatic rings. The number of rotatable bonds is 3. The van der Waals surface area contributed by atoms with E-state index in [9.17, 15) is 4.79 Å². The van der Waals surface area contributed by atoms with Crippen LogP contribution in [0.1, 0.15) is 13.8 Å². The Hall–Kier alpha value is -0.280. The molecule has 0 saturated carbocycles. The number of carbonyl (C=O) groups is 1. The van der Waals surface area contributed by atoms with E-state index in [0.29, 0.717) is 0 Å². The van der Waals surface area contributed by atoms with Crippen LogP contribution in [0.4, 0.5) is 0 Å². The molecule has 0 spiro atoms. The summed E-state index contributed by atoms with van der Waals surface area (Å²) >= 11 is 0. The van der Waals surface area contributed by atoms with Crippen molar-refractivity contribution in [2.45, 2.75) is 19.9 Å². The molecule has 0 saturated heterocycles. The summed E-state index contributed by atoms with van der Waals surface area (Å²) in [5, 5.41) is 0. The van der Waals surface area contributed by atoms with Gasteiger partial charge in [0.05, 0.1) is 6.04 Å². The fraction of sp³-hybridized carbons (Fsp3) is 0.857. The second-order valence-electron chi connectivity index (χ2n) is 3.05. The predicted molar refractivity (Wildman–Crippen MR) is 48.8 cm³/mol. The Morgan fingerprint density at radius 2 is 1.73 bits per heavy atom. The third-order valence-corrected chi connectivity index (χ3v) is 1.48. The van der Waals surface area contributed by atoms with Crippen molar-refractivity contribution in [3.63, 3.8) is 0 Å². The van der Waals surface area contributed by atoms with Crippen molar-refractivity contribution in [2.75, 3.05) is 14.1 Å². The Labute approximate surface area is 74.3 Å². The number of carbonyl (C=O) groups excluding carboxylic acids is 1. The maximum Gasteiger partial charge on any atom is 0.235 e. The molecule has 0 aromatic carbocycles. The molecule has 2 N–H and O–H groups in total. The standard InChI is InChI=1S/C7H16N2O.ClH/c1-5(2)6(7(8)10)9(3)4;/h5-6H,1-4H3,(H2,8,10);1H/t6-;/m1./s1. The minimum Gasteiger partial charge on any atom is -0.368 e. The van der Waals surface area contributed by atoms with E-state index in [-0.39, 0.29) is 30.3 Å². The summed E-state index contributed by atoms with van der Waals surface area (Å²) in [6.45, 7) is 3.96. The third-order valence-electron chi connectivity index (χ3n) is 1.48. The molecule has 68 valence electrons. The molecule has 0 heterocycles. The van der Waals surface area contributed by atoms with E-state index >= 15 is 0 Å². The Bertz CT molecular complexity index is 118. The molecule has 4 heteroatoms. The van der Waals surface area contributed by atoms with Gasteiger partial charge in [0.2, 0.25) is 5.91 Å². The lowest BCUT2D eigenvalue weighted by molar-refractivity contribution is -0.123. The van der Waals surface area contributed by atoms with Crippen LogP contribution < -0.4 is 5.73 Å². The Balaban J connectivity index is 0. The van der Waals surface area contributed by atoms with E-state index in [0.717, 1.165) is 0 Å². The van der Waals surface area contributed by atoms with Gasteiger partial charge in [-0.2, -0.15) is 0 Å². The van der Waals surface area contributed by atoms with Crippen molar-refractivity contribution in [3.8, 4) is 0 Å². The normalized spacial score (nSPS) is 12.9. The molecule has 0 aliphatic carbocycles. The van der Waals surface area contributed by atoms with E-state index in [2.05, 4.69) is 0 Å². The monoisotopic (exact) mass is 180 g/mol. The SMILES string of the molecule is CC(C)[C@H](C(N)=O)N(C)C.Cl. The molecule has 1 amide bonds. The van der Waals surface area contributed by atoms with Gasteiger partial charge in [-0.05, 0) is 20.0 Å². The van der Waals surface area contributed by atoms with Crippen molar-refractivity contribution >= 4 is 18.3 Å². The van der Waals surface area contributed by atoms with E-state index in [1.807, 2.05) is 32.8 Å². The number of halogens is 1. The smallest absolute Gasteiger partial charge is 0.235 e. The molecule has 0 bridgehead atoms. The lowest BCUT2D eigenvalue weighted by atomic mass is 10.0. The first kappa shape index (κ1) is 13.3. The zero-order chi connectivity index (χ0) is 8.31. The topological polar surface area (TPSA) is 46.3 Å². The van der Waals surface area contributed by atoms with Crippen LogP contribution in [0.5, 0.6) is 0 Å². The van der Waals surface area contributed by atoms with Crippen LogP contribution in [0, 0.1) is 5.92 Å². The summed E-state index contributed by atoms with van der Waals surface area (Å²) in [7, 11) is 3.71. The zero-order valence-electron chi connectivity index (χ0n) is 7.50. The summed E-state index contributed by atoms with van der Waals surface area (Å²) in [6, 6.07) is -0.139. The van der Waals surface area contributed by atoms with Gasteiger partial charge in [-0.1, -0.05) is 13.8 Å². The fourth-order valence-corrected chi connectivity index (χ4v) is 1.18. The summed E-state index contributed by atoms with van der Waals surface area (Å²) in [5.74, 6) is 0.0347. The average Bonchev–Trinajstić information content (AvgIpc) is 1.59. The number of hydrogen-bond acceptors (Lipinski definition) is 2. The summed E-state index contributed by atoms with van der Waals surface area (Å²) in [5.41, 5.74) is 5.16. The first-order chi connectivity index (χ1) is 4.46. The minimum atomic E-state index is -0.250. The Kier molecular flexibility index (Phi) is 6.52. The largest absolute Gasteiger partial charge is 0.368 e. The first-order valence-corrected chi connectivity index (χ1v) is 3.42. The van der Waals surface area contributed by atoms with Gasteiger partial charge in [0, 0.05) is 0 Å². The van der Waals surface area contributed by atoms with Crippen LogP contribution in [0.25, 0.3) is 0 Å². The predicted octanol–water partition coefficient (Wildman–Crippen LogP) is 0.480. The fourth-order valence-electron chi connectivity index (χ4n) is 1.18. The lowest BCUT2D eigenvalue weighted by Crippen LogP contribution is -2.43. The van der Waals surface area contributed by atoms with Gasteiger partial charge in [-0.15, -0.1) is 12.4 Å². The molecular formula is C7H17ClN2O. The van der Waals surface area contributed by atoms with Crippen molar-refractivity contribution in [3.05, 3.63) is 0 Å². The molecule has 0 aromatic heterocycles. The maximum atomic E-state index is 10.8. The minimum absolute atomic E-state index is 0. The molecular weight excluding hydrogens is 164 g/mol. The molecule has 3 nitrogen and oxygen atoms in total. The number of hydrogen-bond donors (Lipinski definition) is 1. The molecule has 11 heavy (non-hydrogen) atoms. The van der Waals surface area contributed by atoms with Crippen molar-refractivity contribution in [1.82, 2.24) is 4.90 Å². The molecule has 0 radical (unpaired) electrons. The van der Waals surface area contributed by atoms with Gasteiger partial charge in [-0.3, -0.25) is 9.69 Å². The molecule has 0 unspecified atom stereocenters. The Morgan fingerprint density at radius 3 is 1.73 bits per heavy atom. The van der Waals surface area contributed by atoms with Crippen molar-refractivity contribution in [2.24, 2.45) is 11.7 Å². The van der Waals surface area contributed by atoms with Crippen LogP contribution in [-0.4, -0.2) is 30.9 Å². The molecule has 0 aliphatic heterocycles. The highest BCUT2D eigenvalue weighted by molar-refractivity contribution is 5.85. The van der Waals surface area contributed by atoms with E-state index in [4.69, 9.17) is 5.73 Å². The van der Waals surface area contributed by atoms with Gasteiger partial charge in [0.25, 0.3) is 0 Å². The van der Waals surface area contributed by atoms with Crippen LogP contribution in [0.2, 0.25) is 0 Å². The van der Waals surface area contributed by atoms with Crippen LogP contribution in [-0.2, 0) is 4.79 Å². The van der Waals surface area contributed by atoms with E-state index in [1.54, 1.807) is 0 Å². The van der Waals surface area contributed by atoms with E-state index < -0.39 is 0 Å². The first-order valence-electron chi connectivity index (χ1n) is 3.42. The van der Waals surface area contributed by atoms with Crippen LogP contribution in [0.15, 0.2) is 0 Å². The summed E-state index contributed by atoms with van der Waals surface area (Å²) in [6.07, 6.45) is 0. The molecule has 0 fully saturated rings. The van der Waals surface area contributed by atoms with Gasteiger partial charge >= 0.3 is 0 Å². The third kappa shape index (κ3) is 4.22. The highest BCUT2D eigenvalue weighted by Gasteiger charge is 2.20. The van der Waals surface area contributed by atoms with Gasteiger partial charge < -0.3 is 5.73 Å². The second kappa shape index (κ2) is 5.38. The molecule has 0 aromatic rings. The summed E-state index contributed by atoms with van der Waals surface area (Å²) in [4.78, 5) is 12.6.